The Morgan fingerprint density at radius 1 is 1.05 bits per heavy atom. The molecule has 0 aliphatic carbocycles. The number of oxazole rings is 1. The molecule has 0 spiro atoms. The first kappa shape index (κ1) is 13.0. The molecule has 0 aliphatic rings. The summed E-state index contributed by atoms with van der Waals surface area (Å²) >= 11 is 1.49. The molecule has 0 unspecified atom stereocenters. The van der Waals surface area contributed by atoms with Crippen LogP contribution in [0.5, 0.6) is 0 Å². The summed E-state index contributed by atoms with van der Waals surface area (Å²) in [5.74, 6) is 2.03. The molecule has 7 heteroatoms. The summed E-state index contributed by atoms with van der Waals surface area (Å²) in [7, 11) is 0. The van der Waals surface area contributed by atoms with E-state index in [1.54, 1.807) is 18.7 Å². The average molecular weight is 309 g/mol. The first-order chi connectivity index (χ1) is 10.9. The van der Waals surface area contributed by atoms with Crippen LogP contribution in [0.1, 0.15) is 5.76 Å². The summed E-state index contributed by atoms with van der Waals surface area (Å²) in [6, 6.07) is 9.82. The number of aromatic amines is 1. The standard InChI is InChI=1S/C15H11N5OS/c1-2-4-10(5-3-1)14-16-6-11(21-14)8-22-15-17-7-12-13(20-15)19-9-18-12/h1-7,9H,8H2,(H,17,18,19,20). The highest BCUT2D eigenvalue weighted by atomic mass is 32.2. The van der Waals surface area contributed by atoms with E-state index in [4.69, 9.17) is 4.42 Å². The summed E-state index contributed by atoms with van der Waals surface area (Å²) in [6.45, 7) is 0. The highest BCUT2D eigenvalue weighted by Crippen LogP contribution is 2.24. The van der Waals surface area contributed by atoms with Crippen LogP contribution >= 0.6 is 11.8 Å². The number of H-pyrrole nitrogens is 1. The third kappa shape index (κ3) is 2.58. The van der Waals surface area contributed by atoms with Crippen molar-refractivity contribution in [2.24, 2.45) is 0 Å². The molecule has 3 heterocycles. The number of rotatable bonds is 4. The predicted molar refractivity (Wildman–Crippen MR) is 83.2 cm³/mol. The SMILES string of the molecule is c1ccc(-c2ncc(CSc3ncc4[nH]cnc4n3)o2)cc1. The molecule has 0 saturated heterocycles. The van der Waals surface area contributed by atoms with Gasteiger partial charge in [-0.3, -0.25) is 0 Å². The number of aromatic nitrogens is 5. The van der Waals surface area contributed by atoms with Gasteiger partial charge in [0, 0.05) is 5.56 Å². The number of nitrogens with zero attached hydrogens (tertiary/aromatic N) is 4. The quantitative estimate of drug-likeness (QED) is 0.460. The zero-order valence-corrected chi connectivity index (χ0v) is 12.2. The van der Waals surface area contributed by atoms with E-state index in [1.165, 1.54) is 11.8 Å². The van der Waals surface area contributed by atoms with Crippen molar-refractivity contribution in [3.63, 3.8) is 0 Å². The van der Waals surface area contributed by atoms with Gasteiger partial charge in [0.05, 0.1) is 24.5 Å². The second kappa shape index (κ2) is 5.61. The molecule has 0 bridgehead atoms. The Kier molecular flexibility index (Phi) is 3.32. The van der Waals surface area contributed by atoms with E-state index in [2.05, 4.69) is 24.9 Å². The molecule has 0 saturated carbocycles. The van der Waals surface area contributed by atoms with Crippen LogP contribution in [-0.2, 0) is 5.75 Å². The summed E-state index contributed by atoms with van der Waals surface area (Å²) in [5.41, 5.74) is 2.46. The zero-order valence-electron chi connectivity index (χ0n) is 11.4. The lowest BCUT2D eigenvalue weighted by Gasteiger charge is -1.97. The molecule has 4 aromatic rings. The molecule has 4 rings (SSSR count). The number of hydrogen-bond acceptors (Lipinski definition) is 6. The highest BCUT2D eigenvalue weighted by Gasteiger charge is 2.08. The minimum atomic E-state index is 0.621. The maximum absolute atomic E-state index is 5.75. The van der Waals surface area contributed by atoms with Gasteiger partial charge in [0.15, 0.2) is 10.8 Å². The molecule has 22 heavy (non-hydrogen) atoms. The van der Waals surface area contributed by atoms with Gasteiger partial charge in [-0.1, -0.05) is 30.0 Å². The molecule has 3 aromatic heterocycles. The van der Waals surface area contributed by atoms with Crippen molar-refractivity contribution in [1.29, 1.82) is 0 Å². The minimum Gasteiger partial charge on any atom is -0.440 e. The number of hydrogen-bond donors (Lipinski definition) is 1. The van der Waals surface area contributed by atoms with Crippen molar-refractivity contribution >= 4 is 22.9 Å². The Labute approximate surface area is 130 Å². The first-order valence-corrected chi connectivity index (χ1v) is 7.66. The highest BCUT2D eigenvalue weighted by molar-refractivity contribution is 7.98. The fourth-order valence-electron chi connectivity index (χ4n) is 2.01. The van der Waals surface area contributed by atoms with Crippen LogP contribution in [0.25, 0.3) is 22.6 Å². The Bertz CT molecular complexity index is 902. The Hall–Kier alpha value is -2.67. The Morgan fingerprint density at radius 2 is 1.95 bits per heavy atom. The van der Waals surface area contributed by atoms with Crippen LogP contribution in [-0.4, -0.2) is 24.9 Å². The fraction of sp³-hybridized carbons (Fsp3) is 0.0667. The summed E-state index contributed by atoms with van der Waals surface area (Å²) in [5, 5.41) is 0.664. The predicted octanol–water partition coefficient (Wildman–Crippen LogP) is 3.30. The topological polar surface area (TPSA) is 80.5 Å². The van der Waals surface area contributed by atoms with Gasteiger partial charge in [-0.05, 0) is 12.1 Å². The van der Waals surface area contributed by atoms with Gasteiger partial charge in [-0.25, -0.2) is 19.9 Å². The Balaban J connectivity index is 1.48. The number of thioether (sulfide) groups is 1. The molecule has 0 aliphatic heterocycles. The van der Waals surface area contributed by atoms with Crippen LogP contribution < -0.4 is 0 Å². The maximum Gasteiger partial charge on any atom is 0.226 e. The van der Waals surface area contributed by atoms with E-state index in [-0.39, 0.29) is 0 Å². The molecular weight excluding hydrogens is 298 g/mol. The average Bonchev–Trinajstić information content (AvgIpc) is 3.22. The summed E-state index contributed by atoms with van der Waals surface area (Å²) in [6.07, 6.45) is 5.08. The van der Waals surface area contributed by atoms with E-state index < -0.39 is 0 Å². The van der Waals surface area contributed by atoms with E-state index in [0.29, 0.717) is 22.4 Å². The molecule has 1 N–H and O–H groups in total. The van der Waals surface area contributed by atoms with Crippen LogP contribution in [0.2, 0.25) is 0 Å². The molecule has 0 amide bonds. The van der Waals surface area contributed by atoms with Gasteiger partial charge in [0.1, 0.15) is 11.3 Å². The van der Waals surface area contributed by atoms with Gasteiger partial charge in [-0.15, -0.1) is 0 Å². The summed E-state index contributed by atoms with van der Waals surface area (Å²) < 4.78 is 5.75. The largest absolute Gasteiger partial charge is 0.440 e. The molecule has 0 fully saturated rings. The molecule has 0 atom stereocenters. The number of fused-ring (bicyclic) bond motifs is 1. The third-order valence-corrected chi connectivity index (χ3v) is 3.96. The van der Waals surface area contributed by atoms with E-state index >= 15 is 0 Å². The molecule has 6 nitrogen and oxygen atoms in total. The lowest BCUT2D eigenvalue weighted by atomic mass is 10.2. The van der Waals surface area contributed by atoms with E-state index in [9.17, 15) is 0 Å². The van der Waals surface area contributed by atoms with Crippen molar-refractivity contribution in [3.05, 3.63) is 54.8 Å². The molecule has 108 valence electrons. The van der Waals surface area contributed by atoms with Crippen LogP contribution in [0.15, 0.2) is 58.6 Å². The van der Waals surface area contributed by atoms with Crippen LogP contribution in [0.3, 0.4) is 0 Å². The van der Waals surface area contributed by atoms with Crippen molar-refractivity contribution in [3.8, 4) is 11.5 Å². The first-order valence-electron chi connectivity index (χ1n) is 6.67. The smallest absolute Gasteiger partial charge is 0.226 e. The lowest BCUT2D eigenvalue weighted by Crippen LogP contribution is -1.87. The number of imidazole rings is 1. The summed E-state index contributed by atoms with van der Waals surface area (Å²) in [4.78, 5) is 20.0. The second-order valence-electron chi connectivity index (χ2n) is 4.58. The number of nitrogens with one attached hydrogen (secondary N) is 1. The van der Waals surface area contributed by atoms with Crippen molar-refractivity contribution in [2.45, 2.75) is 10.9 Å². The number of benzene rings is 1. The van der Waals surface area contributed by atoms with Crippen molar-refractivity contribution < 1.29 is 4.42 Å². The van der Waals surface area contributed by atoms with E-state index in [0.717, 1.165) is 16.8 Å². The van der Waals surface area contributed by atoms with Gasteiger partial charge < -0.3 is 9.40 Å². The minimum absolute atomic E-state index is 0.621. The van der Waals surface area contributed by atoms with Crippen LogP contribution in [0.4, 0.5) is 0 Å². The molecule has 0 radical (unpaired) electrons. The monoisotopic (exact) mass is 309 g/mol. The lowest BCUT2D eigenvalue weighted by molar-refractivity contribution is 0.538. The molecule has 1 aromatic carbocycles. The third-order valence-electron chi connectivity index (χ3n) is 3.07. The zero-order chi connectivity index (χ0) is 14.8. The van der Waals surface area contributed by atoms with E-state index in [1.807, 2.05) is 30.3 Å². The maximum atomic E-state index is 5.75. The van der Waals surface area contributed by atoms with Crippen molar-refractivity contribution in [1.82, 2.24) is 24.9 Å². The van der Waals surface area contributed by atoms with Crippen molar-refractivity contribution in [2.75, 3.05) is 0 Å². The van der Waals surface area contributed by atoms with Gasteiger partial charge in [0.2, 0.25) is 5.89 Å². The Morgan fingerprint density at radius 3 is 2.86 bits per heavy atom. The van der Waals surface area contributed by atoms with Crippen LogP contribution in [0, 0.1) is 0 Å². The second-order valence-corrected chi connectivity index (χ2v) is 5.52. The fourth-order valence-corrected chi connectivity index (χ4v) is 2.70. The van der Waals surface area contributed by atoms with Gasteiger partial charge >= 0.3 is 0 Å². The van der Waals surface area contributed by atoms with Gasteiger partial charge in [0.25, 0.3) is 0 Å². The molecular formula is C15H11N5OS. The normalized spacial score (nSPS) is 11.1. The van der Waals surface area contributed by atoms with Gasteiger partial charge in [-0.2, -0.15) is 0 Å².